The van der Waals surface area contributed by atoms with Gasteiger partial charge in [-0.15, -0.1) is 0 Å². The van der Waals surface area contributed by atoms with Gasteiger partial charge in [0.25, 0.3) is 0 Å². The first-order valence-electron chi connectivity index (χ1n) is 5.83. The lowest BCUT2D eigenvalue weighted by molar-refractivity contribution is 0.0839. The number of aryl methyl sites for hydroxylation is 1. The summed E-state index contributed by atoms with van der Waals surface area (Å²) in [7, 11) is 0. The fourth-order valence-electron chi connectivity index (χ4n) is 2.40. The van der Waals surface area contributed by atoms with Crippen LogP contribution >= 0.6 is 0 Å². The molecule has 1 atom stereocenters. The van der Waals surface area contributed by atoms with E-state index in [4.69, 9.17) is 0 Å². The number of nitrogens with zero attached hydrogens (tertiary/aromatic N) is 4. The van der Waals surface area contributed by atoms with Gasteiger partial charge in [-0.3, -0.25) is 0 Å². The molecular formula is C12H16N4O. The average Bonchev–Trinajstić information content (AvgIpc) is 2.82. The summed E-state index contributed by atoms with van der Waals surface area (Å²) in [6.45, 7) is 5.42. The van der Waals surface area contributed by atoms with Crippen LogP contribution in [0.15, 0.2) is 18.5 Å². The van der Waals surface area contributed by atoms with Crippen LogP contribution in [0.3, 0.4) is 0 Å². The molecule has 1 saturated heterocycles. The molecular weight excluding hydrogens is 216 g/mol. The van der Waals surface area contributed by atoms with E-state index in [2.05, 4.69) is 21.0 Å². The summed E-state index contributed by atoms with van der Waals surface area (Å²) in [5, 5.41) is 14.3. The van der Waals surface area contributed by atoms with Crippen LogP contribution in [0.1, 0.15) is 18.9 Å². The van der Waals surface area contributed by atoms with Crippen molar-refractivity contribution in [2.24, 2.45) is 0 Å². The molecule has 5 nitrogen and oxygen atoms in total. The summed E-state index contributed by atoms with van der Waals surface area (Å²) in [6.07, 6.45) is 2.35. The molecule has 0 bridgehead atoms. The smallest absolute Gasteiger partial charge is 0.157 e. The molecule has 0 radical (unpaired) electrons. The second kappa shape index (κ2) is 3.43. The number of rotatable bonds is 1. The second-order valence-corrected chi connectivity index (χ2v) is 5.09. The van der Waals surface area contributed by atoms with Crippen LogP contribution in [0.4, 0.5) is 5.82 Å². The van der Waals surface area contributed by atoms with Crippen LogP contribution < -0.4 is 4.90 Å². The predicted molar refractivity (Wildman–Crippen MR) is 65.2 cm³/mol. The fourth-order valence-corrected chi connectivity index (χ4v) is 2.40. The van der Waals surface area contributed by atoms with Crippen LogP contribution in [-0.2, 0) is 0 Å². The number of pyridine rings is 1. The van der Waals surface area contributed by atoms with Gasteiger partial charge in [-0.2, -0.15) is 9.61 Å². The highest BCUT2D eigenvalue weighted by molar-refractivity contribution is 5.53. The van der Waals surface area contributed by atoms with Crippen molar-refractivity contribution in [2.75, 3.05) is 18.0 Å². The van der Waals surface area contributed by atoms with E-state index in [1.165, 1.54) is 0 Å². The zero-order valence-corrected chi connectivity index (χ0v) is 10.1. The molecule has 3 rings (SSSR count). The van der Waals surface area contributed by atoms with Gasteiger partial charge < -0.3 is 10.0 Å². The van der Waals surface area contributed by atoms with E-state index >= 15 is 0 Å². The molecule has 3 heterocycles. The molecule has 2 aromatic heterocycles. The summed E-state index contributed by atoms with van der Waals surface area (Å²) in [5.74, 6) is 1.01. The van der Waals surface area contributed by atoms with Gasteiger partial charge in [0, 0.05) is 13.1 Å². The lowest BCUT2D eigenvalue weighted by Crippen LogP contribution is -2.30. The van der Waals surface area contributed by atoms with Crippen molar-refractivity contribution in [3.05, 3.63) is 24.0 Å². The molecule has 1 unspecified atom stereocenters. The van der Waals surface area contributed by atoms with Crippen molar-refractivity contribution in [1.82, 2.24) is 14.6 Å². The van der Waals surface area contributed by atoms with Crippen LogP contribution in [0.25, 0.3) is 5.65 Å². The Hall–Kier alpha value is -1.62. The van der Waals surface area contributed by atoms with Crippen molar-refractivity contribution < 1.29 is 5.11 Å². The maximum Gasteiger partial charge on any atom is 0.157 e. The molecule has 0 saturated carbocycles. The van der Waals surface area contributed by atoms with Crippen molar-refractivity contribution in [2.45, 2.75) is 25.9 Å². The van der Waals surface area contributed by atoms with Gasteiger partial charge >= 0.3 is 0 Å². The number of hydrogen-bond donors (Lipinski definition) is 1. The average molecular weight is 232 g/mol. The Morgan fingerprint density at radius 1 is 1.41 bits per heavy atom. The van der Waals surface area contributed by atoms with Crippen molar-refractivity contribution in [3.63, 3.8) is 0 Å². The number of fused-ring (bicyclic) bond motifs is 1. The zero-order valence-electron chi connectivity index (χ0n) is 10.1. The maximum atomic E-state index is 10.0. The van der Waals surface area contributed by atoms with Gasteiger partial charge in [0.2, 0.25) is 0 Å². The maximum absolute atomic E-state index is 10.0. The summed E-state index contributed by atoms with van der Waals surface area (Å²) < 4.78 is 1.83. The summed E-state index contributed by atoms with van der Waals surface area (Å²) in [6, 6.07) is 4.09. The Balaban J connectivity index is 2.08. The molecule has 0 spiro atoms. The minimum Gasteiger partial charge on any atom is -0.388 e. The van der Waals surface area contributed by atoms with Gasteiger partial charge in [0.1, 0.15) is 12.1 Å². The minimum atomic E-state index is -0.601. The normalized spacial score (nSPS) is 24.8. The number of aromatic nitrogens is 3. The molecule has 1 aliphatic heterocycles. The van der Waals surface area contributed by atoms with Crippen molar-refractivity contribution in [1.29, 1.82) is 0 Å². The Morgan fingerprint density at radius 2 is 2.24 bits per heavy atom. The van der Waals surface area contributed by atoms with Crippen LogP contribution in [0.2, 0.25) is 0 Å². The quantitative estimate of drug-likeness (QED) is 0.797. The highest BCUT2D eigenvalue weighted by Gasteiger charge is 2.32. The Bertz CT molecular complexity index is 561. The first kappa shape index (κ1) is 10.5. The van der Waals surface area contributed by atoms with Gasteiger partial charge in [0.15, 0.2) is 5.65 Å². The largest absolute Gasteiger partial charge is 0.388 e. The predicted octanol–water partition coefficient (Wildman–Crippen LogP) is 0.999. The van der Waals surface area contributed by atoms with Crippen molar-refractivity contribution in [3.8, 4) is 0 Å². The Kier molecular flexibility index (Phi) is 2.13. The van der Waals surface area contributed by atoms with Gasteiger partial charge in [-0.05, 0) is 38.0 Å². The molecule has 2 aromatic rings. The number of aliphatic hydroxyl groups is 1. The van der Waals surface area contributed by atoms with Crippen LogP contribution in [0.5, 0.6) is 0 Å². The zero-order chi connectivity index (χ0) is 12.0. The minimum absolute atomic E-state index is 0.601. The Morgan fingerprint density at radius 3 is 2.94 bits per heavy atom. The van der Waals surface area contributed by atoms with E-state index in [0.717, 1.165) is 30.0 Å². The van der Waals surface area contributed by atoms with E-state index in [1.807, 2.05) is 24.4 Å². The molecule has 17 heavy (non-hydrogen) atoms. The van der Waals surface area contributed by atoms with E-state index in [-0.39, 0.29) is 0 Å². The molecule has 1 N–H and O–H groups in total. The number of anilines is 1. The lowest BCUT2D eigenvalue weighted by atomic mass is 10.1. The highest BCUT2D eigenvalue weighted by atomic mass is 16.3. The van der Waals surface area contributed by atoms with E-state index in [9.17, 15) is 5.11 Å². The fraction of sp³-hybridized carbons (Fsp3) is 0.500. The molecule has 0 amide bonds. The van der Waals surface area contributed by atoms with Gasteiger partial charge in [0.05, 0.1) is 5.60 Å². The first-order chi connectivity index (χ1) is 8.05. The van der Waals surface area contributed by atoms with Gasteiger partial charge in [-0.25, -0.2) is 4.98 Å². The topological polar surface area (TPSA) is 53.7 Å². The van der Waals surface area contributed by atoms with E-state index < -0.39 is 5.60 Å². The summed E-state index contributed by atoms with van der Waals surface area (Å²) in [5.41, 5.74) is 1.41. The van der Waals surface area contributed by atoms with Crippen LogP contribution in [0, 0.1) is 6.92 Å². The molecule has 0 aliphatic carbocycles. The first-order valence-corrected chi connectivity index (χ1v) is 5.83. The van der Waals surface area contributed by atoms with Crippen molar-refractivity contribution >= 4 is 11.5 Å². The molecule has 5 heteroatoms. The standard InChI is InChI=1S/C12H16N4O/c1-9-5-10-13-8-14-16(10)11(6-9)15-4-3-12(2,17)7-15/h5-6,8,17H,3-4,7H2,1-2H3. The summed E-state index contributed by atoms with van der Waals surface area (Å²) >= 11 is 0. The lowest BCUT2D eigenvalue weighted by Gasteiger charge is -2.21. The van der Waals surface area contributed by atoms with E-state index in [1.54, 1.807) is 6.33 Å². The SMILES string of the molecule is Cc1cc(N2CCC(C)(O)C2)n2ncnc2c1. The summed E-state index contributed by atoms with van der Waals surface area (Å²) in [4.78, 5) is 6.37. The number of β-amino-alcohol motifs (C(OH)–C–C–N with tert-alkyl or cyclic N) is 1. The third-order valence-electron chi connectivity index (χ3n) is 3.28. The van der Waals surface area contributed by atoms with Crippen LogP contribution in [-0.4, -0.2) is 38.4 Å². The highest BCUT2D eigenvalue weighted by Crippen LogP contribution is 2.27. The van der Waals surface area contributed by atoms with E-state index in [0.29, 0.717) is 6.54 Å². The molecule has 1 fully saturated rings. The van der Waals surface area contributed by atoms with Gasteiger partial charge in [-0.1, -0.05) is 0 Å². The molecule has 90 valence electrons. The third-order valence-corrected chi connectivity index (χ3v) is 3.28. The monoisotopic (exact) mass is 232 g/mol. The number of hydrogen-bond acceptors (Lipinski definition) is 4. The second-order valence-electron chi connectivity index (χ2n) is 5.09. The molecule has 0 aromatic carbocycles. The Labute approximate surface area is 99.7 Å². The third kappa shape index (κ3) is 1.76. The molecule has 1 aliphatic rings.